The van der Waals surface area contributed by atoms with Crippen LogP contribution in [0.5, 0.6) is 0 Å². The van der Waals surface area contributed by atoms with Crippen molar-refractivity contribution in [2.24, 2.45) is 5.41 Å². The van der Waals surface area contributed by atoms with Gasteiger partial charge < -0.3 is 15.4 Å². The first-order valence-corrected chi connectivity index (χ1v) is 6.68. The number of rotatable bonds is 5. The Morgan fingerprint density at radius 3 is 3.21 bits per heavy atom. The smallest absolute Gasteiger partial charge is 0.231 e. The summed E-state index contributed by atoms with van der Waals surface area (Å²) in [4.78, 5) is 12.3. The molecule has 1 amide bonds. The van der Waals surface area contributed by atoms with Crippen LogP contribution in [-0.4, -0.2) is 42.5 Å². The number of piperidine rings is 1. The van der Waals surface area contributed by atoms with Gasteiger partial charge in [0.2, 0.25) is 5.91 Å². The molecular weight excluding hydrogens is 244 g/mol. The molecule has 6 nitrogen and oxygen atoms in total. The van der Waals surface area contributed by atoms with Crippen LogP contribution in [-0.2, 0) is 16.1 Å². The predicted molar refractivity (Wildman–Crippen MR) is 72.9 cm³/mol. The summed E-state index contributed by atoms with van der Waals surface area (Å²) >= 11 is 0. The molecule has 0 aliphatic carbocycles. The molecule has 0 radical (unpaired) electrons. The number of hydrogen-bond donors (Lipinski definition) is 2. The van der Waals surface area contributed by atoms with Gasteiger partial charge in [0.15, 0.2) is 0 Å². The zero-order valence-electron chi connectivity index (χ0n) is 11.6. The lowest BCUT2D eigenvalue weighted by molar-refractivity contribution is -0.125. The Morgan fingerprint density at radius 1 is 1.68 bits per heavy atom. The Hall–Kier alpha value is -1.40. The predicted octanol–water partition coefficient (Wildman–Crippen LogP) is 0.858. The number of amides is 1. The summed E-state index contributed by atoms with van der Waals surface area (Å²) in [5.41, 5.74) is 0.417. The largest absolute Gasteiger partial charge is 0.383 e. The number of aromatic nitrogens is 2. The molecule has 1 aliphatic rings. The highest BCUT2D eigenvalue weighted by atomic mass is 16.5. The summed E-state index contributed by atoms with van der Waals surface area (Å²) < 4.78 is 6.76. The van der Waals surface area contributed by atoms with Gasteiger partial charge in [-0.15, -0.1) is 0 Å². The van der Waals surface area contributed by atoms with Crippen LogP contribution in [0, 0.1) is 5.41 Å². The Morgan fingerprint density at radius 2 is 2.53 bits per heavy atom. The van der Waals surface area contributed by atoms with E-state index in [2.05, 4.69) is 15.7 Å². The maximum Gasteiger partial charge on any atom is 0.231 e. The molecule has 0 aromatic carbocycles. The lowest BCUT2D eigenvalue weighted by Gasteiger charge is -2.32. The number of carbonyl (C=O) groups is 1. The van der Waals surface area contributed by atoms with Crippen LogP contribution in [0.3, 0.4) is 0 Å². The highest BCUT2D eigenvalue weighted by molar-refractivity contribution is 5.95. The van der Waals surface area contributed by atoms with E-state index in [0.717, 1.165) is 31.6 Å². The molecule has 6 heteroatoms. The number of nitrogens with one attached hydrogen (secondary N) is 2. The Kier molecular flexibility index (Phi) is 4.55. The number of ether oxygens (including phenoxy) is 1. The van der Waals surface area contributed by atoms with Crippen LogP contribution in [0.15, 0.2) is 12.4 Å². The van der Waals surface area contributed by atoms with Crippen LogP contribution in [0.25, 0.3) is 0 Å². The van der Waals surface area contributed by atoms with Crippen LogP contribution >= 0.6 is 0 Å². The molecule has 1 aliphatic heterocycles. The van der Waals surface area contributed by atoms with Crippen molar-refractivity contribution in [3.8, 4) is 0 Å². The first-order chi connectivity index (χ1) is 9.14. The van der Waals surface area contributed by atoms with E-state index in [1.807, 2.05) is 13.1 Å². The van der Waals surface area contributed by atoms with Crippen molar-refractivity contribution in [3.63, 3.8) is 0 Å². The average Bonchev–Trinajstić information content (AvgIpc) is 2.85. The Labute approximate surface area is 113 Å². The van der Waals surface area contributed by atoms with E-state index in [4.69, 9.17) is 4.74 Å². The average molecular weight is 266 g/mol. The molecule has 1 aromatic rings. The maximum absolute atomic E-state index is 12.3. The summed E-state index contributed by atoms with van der Waals surface area (Å²) in [5, 5.41) is 10.4. The van der Waals surface area contributed by atoms with Gasteiger partial charge in [0.25, 0.3) is 0 Å². The molecule has 0 bridgehead atoms. The Balaban J connectivity index is 1.92. The van der Waals surface area contributed by atoms with Crippen LogP contribution < -0.4 is 10.6 Å². The standard InChI is InChI=1S/C13H22N4O2/c1-13(4-3-5-14-10-13)12(18)16-11-8-15-17(9-11)6-7-19-2/h8-9,14H,3-7,10H2,1-2H3,(H,16,18). The van der Waals surface area contributed by atoms with E-state index in [1.54, 1.807) is 18.0 Å². The first kappa shape index (κ1) is 14.0. The fourth-order valence-corrected chi connectivity index (χ4v) is 2.27. The molecule has 2 heterocycles. The monoisotopic (exact) mass is 266 g/mol. The minimum absolute atomic E-state index is 0.0611. The molecule has 0 spiro atoms. The van der Waals surface area contributed by atoms with Crippen molar-refractivity contribution in [1.82, 2.24) is 15.1 Å². The lowest BCUT2D eigenvalue weighted by Crippen LogP contribution is -2.45. The van der Waals surface area contributed by atoms with E-state index in [0.29, 0.717) is 13.2 Å². The van der Waals surface area contributed by atoms with Crippen molar-refractivity contribution in [2.45, 2.75) is 26.3 Å². The summed E-state index contributed by atoms with van der Waals surface area (Å²) in [6.45, 7) is 5.03. The van der Waals surface area contributed by atoms with Crippen molar-refractivity contribution in [1.29, 1.82) is 0 Å². The quantitative estimate of drug-likeness (QED) is 0.829. The zero-order valence-corrected chi connectivity index (χ0v) is 11.6. The SMILES string of the molecule is COCCn1cc(NC(=O)C2(C)CCCNC2)cn1. The van der Waals surface area contributed by atoms with Gasteiger partial charge in [-0.05, 0) is 26.3 Å². The van der Waals surface area contributed by atoms with Crippen LogP contribution in [0.1, 0.15) is 19.8 Å². The number of methoxy groups -OCH3 is 1. The van der Waals surface area contributed by atoms with Crippen molar-refractivity contribution < 1.29 is 9.53 Å². The number of hydrogen-bond acceptors (Lipinski definition) is 4. The van der Waals surface area contributed by atoms with Gasteiger partial charge in [-0.2, -0.15) is 5.10 Å². The fourth-order valence-electron chi connectivity index (χ4n) is 2.27. The second-order valence-electron chi connectivity index (χ2n) is 5.28. The molecule has 106 valence electrons. The number of nitrogens with zero attached hydrogens (tertiary/aromatic N) is 2. The minimum atomic E-state index is -0.327. The Bertz CT molecular complexity index is 424. The molecule has 1 fully saturated rings. The van der Waals surface area contributed by atoms with Gasteiger partial charge in [0, 0.05) is 19.9 Å². The van der Waals surface area contributed by atoms with E-state index in [1.165, 1.54) is 0 Å². The van der Waals surface area contributed by atoms with E-state index >= 15 is 0 Å². The highest BCUT2D eigenvalue weighted by Gasteiger charge is 2.34. The maximum atomic E-state index is 12.3. The van der Waals surface area contributed by atoms with E-state index < -0.39 is 0 Å². The summed E-state index contributed by atoms with van der Waals surface area (Å²) in [5.74, 6) is 0.0611. The lowest BCUT2D eigenvalue weighted by atomic mass is 9.82. The van der Waals surface area contributed by atoms with Gasteiger partial charge in [0.1, 0.15) is 0 Å². The third-order valence-electron chi connectivity index (χ3n) is 3.56. The normalized spacial score (nSPS) is 23.3. The first-order valence-electron chi connectivity index (χ1n) is 6.68. The second-order valence-corrected chi connectivity index (χ2v) is 5.28. The van der Waals surface area contributed by atoms with Gasteiger partial charge in [-0.1, -0.05) is 0 Å². The van der Waals surface area contributed by atoms with Gasteiger partial charge in [-0.25, -0.2) is 0 Å². The highest BCUT2D eigenvalue weighted by Crippen LogP contribution is 2.27. The number of carbonyl (C=O) groups excluding carboxylic acids is 1. The molecule has 1 aromatic heterocycles. The van der Waals surface area contributed by atoms with E-state index in [9.17, 15) is 4.79 Å². The van der Waals surface area contributed by atoms with Crippen LogP contribution in [0.4, 0.5) is 5.69 Å². The fraction of sp³-hybridized carbons (Fsp3) is 0.692. The zero-order chi connectivity index (χ0) is 13.7. The molecule has 2 N–H and O–H groups in total. The molecule has 1 atom stereocenters. The molecule has 2 rings (SSSR count). The molecule has 19 heavy (non-hydrogen) atoms. The van der Waals surface area contributed by atoms with E-state index in [-0.39, 0.29) is 11.3 Å². The third-order valence-corrected chi connectivity index (χ3v) is 3.56. The topological polar surface area (TPSA) is 68.2 Å². The van der Waals surface area contributed by atoms with Gasteiger partial charge in [-0.3, -0.25) is 9.48 Å². The van der Waals surface area contributed by atoms with Crippen molar-refractivity contribution in [3.05, 3.63) is 12.4 Å². The number of anilines is 1. The van der Waals surface area contributed by atoms with Crippen LogP contribution in [0.2, 0.25) is 0 Å². The summed E-state index contributed by atoms with van der Waals surface area (Å²) in [7, 11) is 1.66. The summed E-state index contributed by atoms with van der Waals surface area (Å²) in [6.07, 6.45) is 5.46. The van der Waals surface area contributed by atoms with Gasteiger partial charge in [0.05, 0.1) is 30.5 Å². The minimum Gasteiger partial charge on any atom is -0.383 e. The summed E-state index contributed by atoms with van der Waals surface area (Å²) in [6, 6.07) is 0. The second kappa shape index (κ2) is 6.16. The molecular formula is C13H22N4O2. The van der Waals surface area contributed by atoms with Crippen molar-refractivity contribution >= 4 is 11.6 Å². The molecule has 0 saturated carbocycles. The molecule has 1 saturated heterocycles. The third kappa shape index (κ3) is 3.54. The van der Waals surface area contributed by atoms with Crippen molar-refractivity contribution in [2.75, 3.05) is 32.1 Å². The molecule has 1 unspecified atom stereocenters. The van der Waals surface area contributed by atoms with Gasteiger partial charge >= 0.3 is 0 Å².